The van der Waals surface area contributed by atoms with E-state index in [1.165, 1.54) is 12.0 Å². The molecule has 0 radical (unpaired) electrons. The van der Waals surface area contributed by atoms with Crippen molar-refractivity contribution in [1.29, 1.82) is 0 Å². The number of benzene rings is 1. The summed E-state index contributed by atoms with van der Waals surface area (Å²) in [5.41, 5.74) is 0.910. The first-order valence-electron chi connectivity index (χ1n) is 6.30. The van der Waals surface area contributed by atoms with E-state index in [-0.39, 0.29) is 25.5 Å². The maximum Gasteiger partial charge on any atom is 0.410 e. The molecule has 0 aliphatic carbocycles. The number of hydrogen-bond acceptors (Lipinski definition) is 4. The summed E-state index contributed by atoms with van der Waals surface area (Å²) in [6.07, 6.45) is 1.24. The lowest BCUT2D eigenvalue weighted by Crippen LogP contribution is -2.33. The van der Waals surface area contributed by atoms with Crippen LogP contribution in [0.25, 0.3) is 0 Å². The van der Waals surface area contributed by atoms with Crippen LogP contribution in [0.5, 0.6) is 0 Å². The van der Waals surface area contributed by atoms with E-state index in [1.54, 1.807) is 6.08 Å². The molecule has 0 aromatic heterocycles. The number of ether oxygens (including phenoxy) is 2. The summed E-state index contributed by atoms with van der Waals surface area (Å²) in [5.74, 6) is -0.366. The molecule has 1 aromatic rings. The first-order chi connectivity index (χ1) is 9.67. The fourth-order valence-corrected chi connectivity index (χ4v) is 1.55. The van der Waals surface area contributed by atoms with Crippen LogP contribution in [0.1, 0.15) is 12.0 Å². The Hall–Kier alpha value is -2.30. The lowest BCUT2D eigenvalue weighted by molar-refractivity contribution is -0.140. The summed E-state index contributed by atoms with van der Waals surface area (Å²) in [5, 5.41) is 0. The van der Waals surface area contributed by atoms with Gasteiger partial charge in [0.25, 0.3) is 0 Å². The number of carbonyl (C=O) groups excluding carboxylic acids is 2. The van der Waals surface area contributed by atoms with Crippen LogP contribution in [0.2, 0.25) is 0 Å². The topological polar surface area (TPSA) is 55.8 Å². The summed E-state index contributed by atoms with van der Waals surface area (Å²) >= 11 is 0. The van der Waals surface area contributed by atoms with Gasteiger partial charge in [-0.25, -0.2) is 4.79 Å². The van der Waals surface area contributed by atoms with Gasteiger partial charge in [-0.05, 0) is 5.56 Å². The number of esters is 1. The molecule has 5 nitrogen and oxygen atoms in total. The van der Waals surface area contributed by atoms with Gasteiger partial charge in [-0.2, -0.15) is 0 Å². The van der Waals surface area contributed by atoms with Crippen molar-refractivity contribution in [3.63, 3.8) is 0 Å². The van der Waals surface area contributed by atoms with Gasteiger partial charge in [-0.1, -0.05) is 36.4 Å². The van der Waals surface area contributed by atoms with Crippen molar-refractivity contribution in [2.75, 3.05) is 20.2 Å². The Labute approximate surface area is 118 Å². The van der Waals surface area contributed by atoms with Gasteiger partial charge in [0.1, 0.15) is 6.61 Å². The maximum absolute atomic E-state index is 11.9. The number of hydrogen-bond donors (Lipinski definition) is 0. The van der Waals surface area contributed by atoms with E-state index < -0.39 is 6.09 Å². The van der Waals surface area contributed by atoms with Crippen molar-refractivity contribution in [3.8, 4) is 0 Å². The van der Waals surface area contributed by atoms with Crippen molar-refractivity contribution in [2.24, 2.45) is 0 Å². The highest BCUT2D eigenvalue weighted by Crippen LogP contribution is 2.04. The lowest BCUT2D eigenvalue weighted by atomic mass is 10.2. The number of carbonyl (C=O) groups is 2. The van der Waals surface area contributed by atoms with Gasteiger partial charge in [0.15, 0.2) is 0 Å². The van der Waals surface area contributed by atoms with Crippen molar-refractivity contribution >= 4 is 12.1 Å². The maximum atomic E-state index is 11.9. The molecule has 0 aliphatic rings. The fraction of sp³-hybridized carbons (Fsp3) is 0.333. The number of methoxy groups -OCH3 is 1. The second kappa shape index (κ2) is 8.74. The summed E-state index contributed by atoms with van der Waals surface area (Å²) in [7, 11) is 1.31. The van der Waals surface area contributed by atoms with E-state index in [4.69, 9.17) is 4.74 Å². The fourth-order valence-electron chi connectivity index (χ4n) is 1.55. The van der Waals surface area contributed by atoms with Gasteiger partial charge < -0.3 is 14.4 Å². The predicted octanol–water partition coefficient (Wildman–Crippen LogP) is 2.37. The number of nitrogens with zero attached hydrogens (tertiary/aromatic N) is 1. The average molecular weight is 277 g/mol. The van der Waals surface area contributed by atoms with Crippen molar-refractivity contribution in [1.82, 2.24) is 4.90 Å². The molecule has 1 amide bonds. The summed E-state index contributed by atoms with van der Waals surface area (Å²) in [4.78, 5) is 24.4. The molecule has 1 rings (SSSR count). The van der Waals surface area contributed by atoms with Gasteiger partial charge in [-0.15, -0.1) is 6.58 Å². The molecule has 0 spiro atoms. The van der Waals surface area contributed by atoms with Crippen molar-refractivity contribution in [2.45, 2.75) is 13.0 Å². The first kappa shape index (κ1) is 15.8. The zero-order chi connectivity index (χ0) is 14.8. The minimum atomic E-state index is -0.474. The molecule has 1 aromatic carbocycles. The molecular formula is C15H19NO4. The third-order valence-corrected chi connectivity index (χ3v) is 2.63. The second-order valence-corrected chi connectivity index (χ2v) is 4.10. The Bertz CT molecular complexity index is 444. The zero-order valence-corrected chi connectivity index (χ0v) is 11.6. The highest BCUT2D eigenvalue weighted by atomic mass is 16.6. The van der Waals surface area contributed by atoms with E-state index in [9.17, 15) is 9.59 Å². The van der Waals surface area contributed by atoms with Crippen LogP contribution in [0.3, 0.4) is 0 Å². The average Bonchev–Trinajstić information content (AvgIpc) is 2.49. The van der Waals surface area contributed by atoms with E-state index in [0.29, 0.717) is 6.54 Å². The smallest absolute Gasteiger partial charge is 0.410 e. The SMILES string of the molecule is C=CCN(CCC(=O)OC)C(=O)OCc1ccccc1. The normalized spacial score (nSPS) is 9.65. The number of rotatable bonds is 7. The zero-order valence-electron chi connectivity index (χ0n) is 11.6. The molecule has 0 aliphatic heterocycles. The Morgan fingerprint density at radius 3 is 2.60 bits per heavy atom. The standard InChI is InChI=1S/C15H19NO4/c1-3-10-16(11-9-14(17)19-2)15(18)20-12-13-7-5-4-6-8-13/h3-8H,1,9-12H2,2H3. The Morgan fingerprint density at radius 1 is 1.30 bits per heavy atom. The molecule has 20 heavy (non-hydrogen) atoms. The van der Waals surface area contributed by atoms with Gasteiger partial charge in [-0.3, -0.25) is 4.79 Å². The highest BCUT2D eigenvalue weighted by Gasteiger charge is 2.15. The lowest BCUT2D eigenvalue weighted by Gasteiger charge is -2.20. The molecule has 0 saturated carbocycles. The van der Waals surface area contributed by atoms with Crippen LogP contribution in [-0.4, -0.2) is 37.2 Å². The summed E-state index contributed by atoms with van der Waals surface area (Å²) < 4.78 is 9.74. The molecule has 5 heteroatoms. The highest BCUT2D eigenvalue weighted by molar-refractivity contribution is 5.72. The van der Waals surface area contributed by atoms with Crippen molar-refractivity contribution < 1.29 is 19.1 Å². The van der Waals surface area contributed by atoms with E-state index in [0.717, 1.165) is 5.56 Å². The first-order valence-corrected chi connectivity index (χ1v) is 6.30. The van der Waals surface area contributed by atoms with Crippen LogP contribution in [0, 0.1) is 0 Å². The third-order valence-electron chi connectivity index (χ3n) is 2.63. The van der Waals surface area contributed by atoms with Crippen LogP contribution in [0.15, 0.2) is 43.0 Å². The summed E-state index contributed by atoms with van der Waals surface area (Å²) in [6.45, 7) is 4.35. The molecule has 0 unspecified atom stereocenters. The van der Waals surface area contributed by atoms with E-state index >= 15 is 0 Å². The third kappa shape index (κ3) is 5.56. The quantitative estimate of drug-likeness (QED) is 0.567. The molecule has 0 atom stereocenters. The van der Waals surface area contributed by atoms with E-state index in [2.05, 4.69) is 11.3 Å². The predicted molar refractivity (Wildman–Crippen MR) is 75.0 cm³/mol. The molecule has 0 heterocycles. The molecule has 0 fully saturated rings. The minimum absolute atomic E-state index is 0.130. The van der Waals surface area contributed by atoms with Gasteiger partial charge in [0, 0.05) is 13.1 Å². The molecular weight excluding hydrogens is 258 g/mol. The van der Waals surface area contributed by atoms with Crippen LogP contribution >= 0.6 is 0 Å². The Kier molecular flexibility index (Phi) is 6.89. The Morgan fingerprint density at radius 2 is 2.00 bits per heavy atom. The van der Waals surface area contributed by atoms with Gasteiger partial charge in [0.05, 0.1) is 13.5 Å². The van der Waals surface area contributed by atoms with Gasteiger partial charge in [0.2, 0.25) is 0 Å². The van der Waals surface area contributed by atoms with Crippen LogP contribution in [0.4, 0.5) is 4.79 Å². The molecule has 0 N–H and O–H groups in total. The Balaban J connectivity index is 2.46. The monoisotopic (exact) mass is 277 g/mol. The minimum Gasteiger partial charge on any atom is -0.469 e. The van der Waals surface area contributed by atoms with Crippen molar-refractivity contribution in [3.05, 3.63) is 48.6 Å². The molecule has 0 saturated heterocycles. The number of amides is 1. The van der Waals surface area contributed by atoms with Crippen LogP contribution in [-0.2, 0) is 20.9 Å². The van der Waals surface area contributed by atoms with Crippen LogP contribution < -0.4 is 0 Å². The molecule has 108 valence electrons. The summed E-state index contributed by atoms with van der Waals surface area (Å²) in [6, 6.07) is 9.40. The van der Waals surface area contributed by atoms with E-state index in [1.807, 2.05) is 30.3 Å². The molecule has 0 bridgehead atoms. The van der Waals surface area contributed by atoms with Gasteiger partial charge >= 0.3 is 12.1 Å². The second-order valence-electron chi connectivity index (χ2n) is 4.10. The largest absolute Gasteiger partial charge is 0.469 e.